The van der Waals surface area contributed by atoms with E-state index in [-0.39, 0.29) is 7.43 Å². The average molecular weight is 158 g/mol. The topological polar surface area (TPSA) is 0 Å². The van der Waals surface area contributed by atoms with Gasteiger partial charge in [0.25, 0.3) is 0 Å². The smallest absolute Gasteiger partial charge is 0.00271 e. The van der Waals surface area contributed by atoms with Gasteiger partial charge in [-0.05, 0) is 13.8 Å². The van der Waals surface area contributed by atoms with E-state index in [1.165, 1.54) is 12.8 Å². The normalized spacial score (nSPS) is 4.55. The Morgan fingerprint density at radius 3 is 0.818 bits per heavy atom. The van der Waals surface area contributed by atoms with Gasteiger partial charge in [-0.1, -0.05) is 48.0 Å². The zero-order valence-electron chi connectivity index (χ0n) is 8.41. The summed E-state index contributed by atoms with van der Waals surface area (Å²) in [6, 6.07) is 0. The van der Waals surface area contributed by atoms with Gasteiger partial charge < -0.3 is 0 Å². The molecule has 0 spiro atoms. The van der Waals surface area contributed by atoms with E-state index < -0.39 is 0 Å². The Labute approximate surface area is 74.4 Å². The first-order chi connectivity index (χ1) is 4.74. The van der Waals surface area contributed by atoms with Crippen molar-refractivity contribution in [2.24, 2.45) is 0 Å². The third kappa shape index (κ3) is 1740. The van der Waals surface area contributed by atoms with Gasteiger partial charge in [-0.2, -0.15) is 0 Å². The van der Waals surface area contributed by atoms with Crippen LogP contribution in [-0.2, 0) is 0 Å². The van der Waals surface area contributed by atoms with Gasteiger partial charge in [-0.3, -0.25) is 0 Å². The van der Waals surface area contributed by atoms with E-state index in [0.717, 1.165) is 0 Å². The maximum absolute atomic E-state index is 2.68. The maximum atomic E-state index is 2.68. The molecule has 0 amide bonds. The third-order valence-electron chi connectivity index (χ3n) is 0.250. The second-order valence-electron chi connectivity index (χ2n) is 1.91. The third-order valence-corrected chi connectivity index (χ3v) is 0.250. The summed E-state index contributed by atoms with van der Waals surface area (Å²) >= 11 is 0. The van der Waals surface area contributed by atoms with Crippen molar-refractivity contribution in [1.29, 1.82) is 0 Å². The van der Waals surface area contributed by atoms with E-state index >= 15 is 0 Å². The van der Waals surface area contributed by atoms with Crippen LogP contribution in [0.4, 0.5) is 0 Å². The fraction of sp³-hybridized carbons (Fsp3) is 0.818. The largest absolute Gasteiger partial charge is 0.107 e. The molecule has 0 nitrogen and oxygen atoms in total. The Kier molecular flexibility index (Phi) is 113. The van der Waals surface area contributed by atoms with Gasteiger partial charge >= 0.3 is 0 Å². The van der Waals surface area contributed by atoms with E-state index in [1.54, 1.807) is 0 Å². The van der Waals surface area contributed by atoms with E-state index in [0.29, 0.717) is 0 Å². The highest BCUT2D eigenvalue weighted by Crippen LogP contribution is 1.56. The lowest BCUT2D eigenvalue weighted by Gasteiger charge is -1.48. The van der Waals surface area contributed by atoms with Crippen LogP contribution < -0.4 is 0 Å². The van der Waals surface area contributed by atoms with Crippen LogP contribution in [0.3, 0.4) is 0 Å². The van der Waals surface area contributed by atoms with E-state index in [1.807, 2.05) is 13.8 Å². The molecular weight excluding hydrogens is 132 g/mol. The number of hydrogen-bond donors (Lipinski definition) is 0. The first-order valence-corrected chi connectivity index (χ1v) is 4.08. The van der Waals surface area contributed by atoms with E-state index in [2.05, 4.69) is 39.5 Å². The number of hydrogen-bond acceptors (Lipinski definition) is 0. The number of rotatable bonds is 0. The Morgan fingerprint density at radius 1 is 0.727 bits per heavy atom. The lowest BCUT2D eigenvalue weighted by atomic mass is 10.6. The van der Waals surface area contributed by atoms with Crippen LogP contribution in [0.1, 0.15) is 61.8 Å². The SMILES string of the molecule is C.CC#CC.CCC.CCC. The molecule has 0 aliphatic heterocycles. The zero-order chi connectivity index (χ0) is 8.83. The molecule has 0 unspecified atom stereocenters. The van der Waals surface area contributed by atoms with Crippen LogP contribution in [0, 0.1) is 11.8 Å². The summed E-state index contributed by atoms with van der Waals surface area (Å²) in [6.45, 7) is 12.1. The maximum Gasteiger partial charge on any atom is -0.00271 e. The molecule has 0 saturated heterocycles. The monoisotopic (exact) mass is 158 g/mol. The second-order valence-corrected chi connectivity index (χ2v) is 1.91. The zero-order valence-corrected chi connectivity index (χ0v) is 8.41. The summed E-state index contributed by atoms with van der Waals surface area (Å²) < 4.78 is 0. The molecule has 0 N–H and O–H groups in total. The molecule has 0 aromatic rings. The fourth-order valence-corrected chi connectivity index (χ4v) is 0. The Balaban J connectivity index is -0.0000000325. The molecular formula is C11H26. The molecule has 0 fully saturated rings. The predicted molar refractivity (Wildman–Crippen MR) is 57.8 cm³/mol. The van der Waals surface area contributed by atoms with E-state index in [9.17, 15) is 0 Å². The van der Waals surface area contributed by atoms with Crippen LogP contribution in [0.2, 0.25) is 0 Å². The van der Waals surface area contributed by atoms with Crippen molar-refractivity contribution in [3.05, 3.63) is 0 Å². The van der Waals surface area contributed by atoms with Crippen molar-refractivity contribution in [1.82, 2.24) is 0 Å². The summed E-state index contributed by atoms with van der Waals surface area (Å²) in [4.78, 5) is 0. The van der Waals surface area contributed by atoms with Gasteiger partial charge in [-0.15, -0.1) is 11.8 Å². The van der Waals surface area contributed by atoms with Crippen LogP contribution in [-0.4, -0.2) is 0 Å². The molecule has 0 aromatic heterocycles. The van der Waals surface area contributed by atoms with Crippen molar-refractivity contribution in [3.8, 4) is 11.8 Å². The molecule has 0 radical (unpaired) electrons. The second kappa shape index (κ2) is 55.3. The van der Waals surface area contributed by atoms with Crippen LogP contribution in [0.15, 0.2) is 0 Å². The van der Waals surface area contributed by atoms with Crippen molar-refractivity contribution in [2.75, 3.05) is 0 Å². The van der Waals surface area contributed by atoms with Crippen molar-refractivity contribution >= 4 is 0 Å². The minimum atomic E-state index is 0. The molecule has 0 aromatic carbocycles. The van der Waals surface area contributed by atoms with Gasteiger partial charge in [0.2, 0.25) is 0 Å². The highest BCUT2D eigenvalue weighted by Gasteiger charge is 1.36. The highest BCUT2D eigenvalue weighted by molar-refractivity contribution is 4.89. The molecule has 70 valence electrons. The molecule has 0 saturated carbocycles. The predicted octanol–water partition coefficient (Wildman–Crippen LogP) is 4.50. The van der Waals surface area contributed by atoms with Crippen LogP contribution >= 0.6 is 0 Å². The van der Waals surface area contributed by atoms with Crippen LogP contribution in [0.5, 0.6) is 0 Å². The van der Waals surface area contributed by atoms with Gasteiger partial charge in [-0.25, -0.2) is 0 Å². The molecule has 0 rings (SSSR count). The highest BCUT2D eigenvalue weighted by atomic mass is 13.4. The first kappa shape index (κ1) is 22.4. The molecule has 11 heavy (non-hydrogen) atoms. The summed E-state index contributed by atoms with van der Waals surface area (Å²) in [7, 11) is 0. The Hall–Kier alpha value is -0.440. The van der Waals surface area contributed by atoms with Crippen molar-refractivity contribution in [3.63, 3.8) is 0 Å². The quantitative estimate of drug-likeness (QED) is 0.455. The summed E-state index contributed by atoms with van der Waals surface area (Å²) in [5.41, 5.74) is 0. The van der Waals surface area contributed by atoms with Gasteiger partial charge in [0.15, 0.2) is 0 Å². The summed E-state index contributed by atoms with van der Waals surface area (Å²) in [5.74, 6) is 5.36. The van der Waals surface area contributed by atoms with Gasteiger partial charge in [0, 0.05) is 0 Å². The van der Waals surface area contributed by atoms with Gasteiger partial charge in [0.05, 0.1) is 0 Å². The first-order valence-electron chi connectivity index (χ1n) is 4.08. The van der Waals surface area contributed by atoms with Crippen molar-refractivity contribution < 1.29 is 0 Å². The molecule has 0 atom stereocenters. The molecule has 0 bridgehead atoms. The van der Waals surface area contributed by atoms with Gasteiger partial charge in [0.1, 0.15) is 0 Å². The minimum Gasteiger partial charge on any atom is -0.107 e. The van der Waals surface area contributed by atoms with Crippen LogP contribution in [0.25, 0.3) is 0 Å². The average Bonchev–Trinajstić information content (AvgIpc) is 1.91. The lowest BCUT2D eigenvalue weighted by Crippen LogP contribution is -1.28. The van der Waals surface area contributed by atoms with E-state index in [4.69, 9.17) is 0 Å². The molecule has 0 aliphatic carbocycles. The molecule has 0 aliphatic rings. The summed E-state index contributed by atoms with van der Waals surface area (Å²) in [6.07, 6.45) is 2.50. The minimum absolute atomic E-state index is 0. The Morgan fingerprint density at radius 2 is 0.818 bits per heavy atom. The molecule has 0 heterocycles. The summed E-state index contributed by atoms with van der Waals surface area (Å²) in [5, 5.41) is 0. The van der Waals surface area contributed by atoms with Crippen molar-refractivity contribution in [2.45, 2.75) is 61.8 Å². The standard InChI is InChI=1S/C4H6.2C3H8.CH4/c1-3-4-2;2*1-3-2;/h1-2H3;2*3H2,1-2H3;1H4. The fourth-order valence-electron chi connectivity index (χ4n) is 0. The molecule has 0 heteroatoms. The lowest BCUT2D eigenvalue weighted by molar-refractivity contribution is 1.09. The Bertz CT molecular complexity index is 53.8.